The maximum absolute atomic E-state index is 13.1. The third-order valence-electron chi connectivity index (χ3n) is 5.89. The number of sulfonamides is 2. The number of fused-ring (bicyclic) bond motifs is 1. The molecule has 12 heteroatoms. The van der Waals surface area contributed by atoms with Gasteiger partial charge in [-0.3, -0.25) is 0 Å². The minimum Gasteiger partial charge on any atom is -0.861 e. The summed E-state index contributed by atoms with van der Waals surface area (Å²) < 4.78 is 57.3. The number of aromatic nitrogens is 2. The Morgan fingerprint density at radius 1 is 1.08 bits per heavy atom. The lowest BCUT2D eigenvalue weighted by atomic mass is 10.0. The minimum absolute atomic E-state index is 0.127. The minimum atomic E-state index is -3.92. The summed E-state index contributed by atoms with van der Waals surface area (Å²) in [5.41, 5.74) is 2.63. The number of nitrogens with one attached hydrogen (secondary N) is 2. The van der Waals surface area contributed by atoms with Crippen LogP contribution in [0.4, 0.5) is 0 Å². The van der Waals surface area contributed by atoms with E-state index in [1.165, 1.54) is 12.1 Å². The van der Waals surface area contributed by atoms with Crippen LogP contribution in [0, 0.1) is 0 Å². The SMILES string of the molecule is O=S(=O)(N[C@@H](Cc1ccc(C2CC([O-])=NS2(=O)=O)c(Br)c1)c1nc2ccccc2[nH]1)c1ccccc1. The predicted molar refractivity (Wildman–Crippen MR) is 137 cm³/mol. The summed E-state index contributed by atoms with van der Waals surface area (Å²) in [6.45, 7) is 0. The van der Waals surface area contributed by atoms with E-state index >= 15 is 0 Å². The van der Waals surface area contributed by atoms with Gasteiger partial charge >= 0.3 is 0 Å². The Morgan fingerprint density at radius 2 is 1.81 bits per heavy atom. The van der Waals surface area contributed by atoms with Crippen molar-refractivity contribution >= 4 is 52.9 Å². The van der Waals surface area contributed by atoms with Gasteiger partial charge in [-0.25, -0.2) is 26.5 Å². The van der Waals surface area contributed by atoms with Crippen LogP contribution in [0.1, 0.15) is 34.7 Å². The largest absolute Gasteiger partial charge is 0.861 e. The third-order valence-corrected chi connectivity index (χ3v) is 9.66. The van der Waals surface area contributed by atoms with Gasteiger partial charge in [-0.05, 0) is 60.2 Å². The molecule has 0 radical (unpaired) electrons. The van der Waals surface area contributed by atoms with Gasteiger partial charge < -0.3 is 10.1 Å². The number of hydrogen-bond acceptors (Lipinski definition) is 6. The molecule has 0 aliphatic carbocycles. The van der Waals surface area contributed by atoms with E-state index in [9.17, 15) is 21.9 Å². The van der Waals surface area contributed by atoms with Crippen LogP contribution in [0.25, 0.3) is 11.0 Å². The Kier molecular flexibility index (Phi) is 6.45. The number of aromatic amines is 1. The van der Waals surface area contributed by atoms with Crippen molar-refractivity contribution in [2.24, 2.45) is 4.40 Å². The van der Waals surface area contributed by atoms with Crippen LogP contribution in [-0.4, -0.2) is 32.7 Å². The highest BCUT2D eigenvalue weighted by Crippen LogP contribution is 2.37. The molecule has 9 nitrogen and oxygen atoms in total. The maximum Gasteiger partial charge on any atom is 0.259 e. The second kappa shape index (κ2) is 9.43. The molecule has 0 bridgehead atoms. The molecule has 2 N–H and O–H groups in total. The van der Waals surface area contributed by atoms with Crippen molar-refractivity contribution in [3.05, 3.63) is 94.2 Å². The number of benzene rings is 3. The van der Waals surface area contributed by atoms with E-state index in [0.717, 1.165) is 11.1 Å². The molecule has 2 atom stereocenters. The number of imidazole rings is 1. The van der Waals surface area contributed by atoms with Crippen LogP contribution in [0.15, 0.2) is 86.6 Å². The molecule has 0 fully saturated rings. The average Bonchev–Trinajstić information content (AvgIpc) is 3.38. The fourth-order valence-corrected chi connectivity index (χ4v) is 7.60. The Hall–Kier alpha value is -3.06. The van der Waals surface area contributed by atoms with E-state index in [0.29, 0.717) is 21.4 Å². The molecule has 1 aromatic heterocycles. The number of hydrogen-bond donors (Lipinski definition) is 2. The van der Waals surface area contributed by atoms with E-state index in [1.54, 1.807) is 36.4 Å². The first kappa shape index (κ1) is 24.6. The molecule has 3 aromatic carbocycles. The zero-order valence-electron chi connectivity index (χ0n) is 18.6. The zero-order valence-corrected chi connectivity index (χ0v) is 21.8. The molecule has 36 heavy (non-hydrogen) atoms. The summed E-state index contributed by atoms with van der Waals surface area (Å²) in [5.74, 6) is -0.227. The van der Waals surface area contributed by atoms with Crippen molar-refractivity contribution in [3.63, 3.8) is 0 Å². The smallest absolute Gasteiger partial charge is 0.259 e. The lowest BCUT2D eigenvalue weighted by molar-refractivity contribution is -0.217. The number of para-hydroxylation sites is 2. The van der Waals surface area contributed by atoms with E-state index in [4.69, 9.17) is 0 Å². The standard InChI is InChI=1S/C24H21BrN4O5S2/c25-18-12-15(10-11-17(18)22-14-23(30)29-36(22,33)34)13-21(24-26-19-8-4-5-9-20(19)27-24)28-35(31,32)16-6-2-1-3-7-16/h1-12,21-22,28H,13-14H2,(H,26,27)(H,29,30)/p-1/t21-,22?/m0/s1. The van der Waals surface area contributed by atoms with E-state index in [1.807, 2.05) is 24.3 Å². The van der Waals surface area contributed by atoms with Crippen molar-refractivity contribution in [1.82, 2.24) is 14.7 Å². The van der Waals surface area contributed by atoms with Crippen LogP contribution in [0.2, 0.25) is 0 Å². The molecule has 1 unspecified atom stereocenters. The predicted octanol–water partition coefficient (Wildman–Crippen LogP) is 3.12. The summed E-state index contributed by atoms with van der Waals surface area (Å²) in [4.78, 5) is 7.92. The first-order valence-electron chi connectivity index (χ1n) is 10.9. The van der Waals surface area contributed by atoms with Crippen molar-refractivity contribution in [1.29, 1.82) is 0 Å². The van der Waals surface area contributed by atoms with Crippen LogP contribution in [0.5, 0.6) is 0 Å². The van der Waals surface area contributed by atoms with Gasteiger partial charge in [0.15, 0.2) is 0 Å². The first-order valence-corrected chi connectivity index (χ1v) is 14.7. The van der Waals surface area contributed by atoms with E-state index in [-0.39, 0.29) is 17.7 Å². The number of H-pyrrole nitrogens is 1. The van der Waals surface area contributed by atoms with Crippen LogP contribution in [-0.2, 0) is 26.5 Å². The summed E-state index contributed by atoms with van der Waals surface area (Å²) in [6, 6.07) is 19.8. The fraction of sp³-hybridized carbons (Fsp3) is 0.167. The molecular formula is C24H20BrN4O5S2-. The molecule has 5 rings (SSSR count). The molecule has 0 saturated carbocycles. The second-order valence-electron chi connectivity index (χ2n) is 8.38. The highest BCUT2D eigenvalue weighted by molar-refractivity contribution is 9.10. The summed E-state index contributed by atoms with van der Waals surface area (Å²) in [7, 11) is -7.79. The van der Waals surface area contributed by atoms with E-state index in [2.05, 4.69) is 35.0 Å². The molecule has 1 aliphatic rings. The topological polar surface area (TPSA) is 144 Å². The molecule has 0 spiro atoms. The Labute approximate surface area is 216 Å². The van der Waals surface area contributed by atoms with Crippen molar-refractivity contribution in [2.45, 2.75) is 29.0 Å². The monoisotopic (exact) mass is 587 g/mol. The highest BCUT2D eigenvalue weighted by Gasteiger charge is 2.33. The van der Waals surface area contributed by atoms with Crippen molar-refractivity contribution in [3.8, 4) is 0 Å². The molecule has 0 saturated heterocycles. The number of rotatable bonds is 7. The summed E-state index contributed by atoms with van der Waals surface area (Å²) in [5, 5.41) is 10.6. The Balaban J connectivity index is 1.49. The first-order chi connectivity index (χ1) is 17.1. The fourth-order valence-electron chi connectivity index (χ4n) is 4.16. The summed E-state index contributed by atoms with van der Waals surface area (Å²) in [6.07, 6.45) is 0.0181. The number of nitrogens with zero attached hydrogens (tertiary/aromatic N) is 2. The van der Waals surface area contributed by atoms with Crippen LogP contribution in [0.3, 0.4) is 0 Å². The second-order valence-corrected chi connectivity index (χ2v) is 12.7. The van der Waals surface area contributed by atoms with Gasteiger partial charge in [0.05, 0.1) is 22.0 Å². The van der Waals surface area contributed by atoms with Gasteiger partial charge in [0, 0.05) is 4.47 Å². The Bertz CT molecular complexity index is 1650. The Morgan fingerprint density at radius 3 is 2.47 bits per heavy atom. The van der Waals surface area contributed by atoms with Crippen molar-refractivity contribution in [2.75, 3.05) is 0 Å². The molecule has 0 amide bonds. The molecule has 4 aromatic rings. The maximum atomic E-state index is 13.1. The van der Waals surface area contributed by atoms with Gasteiger partial charge in [-0.15, -0.1) is 0 Å². The lowest BCUT2D eigenvalue weighted by Crippen LogP contribution is -2.31. The van der Waals surface area contributed by atoms with Crippen LogP contribution < -0.4 is 9.83 Å². The highest BCUT2D eigenvalue weighted by atomic mass is 79.9. The zero-order chi connectivity index (χ0) is 25.5. The number of halogens is 1. The summed E-state index contributed by atoms with van der Waals surface area (Å²) >= 11 is 3.42. The average molecular weight is 588 g/mol. The quantitative estimate of drug-likeness (QED) is 0.340. The molecule has 2 heterocycles. The lowest BCUT2D eigenvalue weighted by Gasteiger charge is -2.19. The van der Waals surface area contributed by atoms with Gasteiger partial charge in [0.1, 0.15) is 11.1 Å². The molecule has 186 valence electrons. The van der Waals surface area contributed by atoms with Crippen molar-refractivity contribution < 1.29 is 21.9 Å². The molecule has 1 aliphatic heterocycles. The van der Waals surface area contributed by atoms with Gasteiger partial charge in [0.25, 0.3) is 10.0 Å². The third kappa shape index (κ3) is 4.94. The van der Waals surface area contributed by atoms with Gasteiger partial charge in [-0.1, -0.05) is 58.4 Å². The van der Waals surface area contributed by atoms with Gasteiger partial charge in [-0.2, -0.15) is 4.40 Å². The van der Waals surface area contributed by atoms with Crippen LogP contribution >= 0.6 is 15.9 Å². The van der Waals surface area contributed by atoms with E-state index < -0.39 is 37.2 Å². The van der Waals surface area contributed by atoms with Gasteiger partial charge in [0.2, 0.25) is 10.0 Å². The normalized spacial score (nSPS) is 18.2. The molecular weight excluding hydrogens is 568 g/mol.